The van der Waals surface area contributed by atoms with Crippen molar-refractivity contribution in [3.05, 3.63) is 36.5 Å². The van der Waals surface area contributed by atoms with E-state index < -0.39 is 74.2 Å². The topological polar surface area (TPSA) is 189 Å². The molecule has 8 N–H and O–H groups in total. The van der Waals surface area contributed by atoms with Crippen LogP contribution in [0.2, 0.25) is 0 Å². The van der Waals surface area contributed by atoms with Crippen molar-refractivity contribution in [2.24, 2.45) is 0 Å². The second-order valence-electron chi connectivity index (χ2n) is 23.9. The van der Waals surface area contributed by atoms with Gasteiger partial charge in [-0.2, -0.15) is 0 Å². The lowest BCUT2D eigenvalue weighted by Crippen LogP contribution is -2.60. The second kappa shape index (κ2) is 56.8. The first kappa shape index (κ1) is 75.3. The van der Waals surface area contributed by atoms with Crippen LogP contribution in [0.3, 0.4) is 0 Å². The third kappa shape index (κ3) is 44.5. The minimum atomic E-state index is -1.67. The maximum absolute atomic E-state index is 13.2. The Morgan fingerprint density at radius 1 is 0.430 bits per heavy atom. The van der Waals surface area contributed by atoms with Gasteiger partial charge in [0.25, 0.3) is 0 Å². The van der Waals surface area contributed by atoms with Gasteiger partial charge in [-0.1, -0.05) is 294 Å². The normalized spacial score (nSPS) is 19.5. The summed E-state index contributed by atoms with van der Waals surface area (Å²) >= 11 is 0. The number of hydrogen-bond acceptors (Lipinski definition) is 10. The molecule has 0 aromatic heterocycles. The monoisotopic (exact) mass is 1120 g/mol. The van der Waals surface area contributed by atoms with E-state index in [-0.39, 0.29) is 12.8 Å². The van der Waals surface area contributed by atoms with E-state index >= 15 is 0 Å². The number of amides is 1. The Hall–Kier alpha value is -1.67. The predicted molar refractivity (Wildman–Crippen MR) is 330 cm³/mol. The maximum atomic E-state index is 13.2. The van der Waals surface area contributed by atoms with Crippen LogP contribution in [0.15, 0.2) is 36.5 Å². The zero-order valence-corrected chi connectivity index (χ0v) is 51.4. The summed E-state index contributed by atoms with van der Waals surface area (Å²) in [5, 5.41) is 76.4. The third-order valence-corrected chi connectivity index (χ3v) is 16.4. The van der Waals surface area contributed by atoms with Crippen molar-refractivity contribution in [1.29, 1.82) is 0 Å². The number of carbonyl (C=O) groups excluding carboxylic acids is 1. The van der Waals surface area contributed by atoms with Gasteiger partial charge >= 0.3 is 0 Å². The van der Waals surface area contributed by atoms with E-state index in [1.165, 1.54) is 231 Å². The Balaban J connectivity index is 2.26. The van der Waals surface area contributed by atoms with Crippen molar-refractivity contribution in [3.8, 4) is 0 Å². The predicted octanol–water partition coefficient (Wildman–Crippen LogP) is 15.8. The molecule has 466 valence electrons. The molecule has 0 saturated carbocycles. The molecular formula is C68H129NO10. The summed E-state index contributed by atoms with van der Waals surface area (Å²) in [6.07, 6.45) is 60.8. The highest BCUT2D eigenvalue weighted by Crippen LogP contribution is 2.24. The molecule has 11 nitrogen and oxygen atoms in total. The van der Waals surface area contributed by atoms with Crippen LogP contribution in [-0.4, -0.2) is 110 Å². The van der Waals surface area contributed by atoms with Gasteiger partial charge in [-0.15, -0.1) is 0 Å². The van der Waals surface area contributed by atoms with Crippen molar-refractivity contribution in [3.63, 3.8) is 0 Å². The van der Waals surface area contributed by atoms with Gasteiger partial charge in [0.05, 0.1) is 25.4 Å². The Morgan fingerprint density at radius 2 is 0.759 bits per heavy atom. The van der Waals surface area contributed by atoms with E-state index in [2.05, 4.69) is 55.6 Å². The van der Waals surface area contributed by atoms with Crippen molar-refractivity contribution < 1.29 is 50.0 Å². The minimum absolute atomic E-state index is 0.243. The number of ether oxygens (including phenoxy) is 2. The Kier molecular flexibility index (Phi) is 54.2. The molecule has 11 heteroatoms. The number of aliphatic hydroxyl groups is 7. The molecule has 1 aliphatic rings. The molecule has 79 heavy (non-hydrogen) atoms. The van der Waals surface area contributed by atoms with E-state index in [4.69, 9.17) is 9.47 Å². The SMILES string of the molecule is CCCCCCCCCCCCCCCCCC/C=C/CC/C=C/CC/C=C/CCCC(O)C(O)C(COC1OC(CO)C(O)C(O)C1O)NC(=O)C(O)CCCCCCCCCCCCCCCCCCCCCCCCC. The molecule has 0 spiro atoms. The van der Waals surface area contributed by atoms with Gasteiger partial charge in [-0.25, -0.2) is 0 Å². The molecule has 1 rings (SSSR count). The zero-order chi connectivity index (χ0) is 57.5. The molecule has 1 heterocycles. The first-order valence-corrected chi connectivity index (χ1v) is 33.9. The number of allylic oxidation sites excluding steroid dienone is 6. The lowest BCUT2D eigenvalue weighted by Gasteiger charge is -2.40. The van der Waals surface area contributed by atoms with Gasteiger partial charge in [-0.3, -0.25) is 4.79 Å². The van der Waals surface area contributed by atoms with Crippen molar-refractivity contribution in [2.75, 3.05) is 13.2 Å². The Morgan fingerprint density at radius 3 is 1.13 bits per heavy atom. The minimum Gasteiger partial charge on any atom is -0.394 e. The number of hydrogen-bond donors (Lipinski definition) is 8. The quantitative estimate of drug-likeness (QED) is 0.0215. The van der Waals surface area contributed by atoms with Gasteiger partial charge in [0, 0.05) is 0 Å². The molecule has 0 aromatic rings. The molecule has 0 bridgehead atoms. The first-order chi connectivity index (χ1) is 38.7. The van der Waals surface area contributed by atoms with Crippen molar-refractivity contribution >= 4 is 5.91 Å². The highest BCUT2D eigenvalue weighted by Gasteiger charge is 2.44. The fourth-order valence-electron chi connectivity index (χ4n) is 10.9. The van der Waals surface area contributed by atoms with Crippen molar-refractivity contribution in [2.45, 2.75) is 377 Å². The maximum Gasteiger partial charge on any atom is 0.249 e. The van der Waals surface area contributed by atoms with Crippen LogP contribution in [0.25, 0.3) is 0 Å². The Labute approximate surface area is 486 Å². The molecule has 1 saturated heterocycles. The van der Waals surface area contributed by atoms with E-state index in [0.29, 0.717) is 19.3 Å². The summed E-state index contributed by atoms with van der Waals surface area (Å²) in [4.78, 5) is 13.2. The summed E-state index contributed by atoms with van der Waals surface area (Å²) in [6, 6.07) is -1.19. The number of unbranched alkanes of at least 4 members (excludes halogenated alkanes) is 41. The number of carbonyl (C=O) groups is 1. The average molecular weight is 1120 g/mol. The van der Waals surface area contributed by atoms with Gasteiger partial charge < -0.3 is 50.5 Å². The molecule has 0 aromatic carbocycles. The van der Waals surface area contributed by atoms with Crippen LogP contribution in [0, 0.1) is 0 Å². The molecule has 0 aliphatic carbocycles. The fourth-order valence-corrected chi connectivity index (χ4v) is 10.9. The second-order valence-corrected chi connectivity index (χ2v) is 23.9. The molecule has 1 amide bonds. The van der Waals surface area contributed by atoms with Gasteiger partial charge in [-0.05, 0) is 64.2 Å². The lowest BCUT2D eigenvalue weighted by atomic mass is 9.98. The fraction of sp³-hybridized carbons (Fsp3) is 0.897. The standard InChI is InChI=1S/C68H129NO10/c1-3-5-7-9-11-13-15-17-19-21-23-25-27-28-29-30-31-32-34-35-37-39-41-43-45-47-49-51-53-55-60(71)63(73)59(58-78-68-66(76)65(75)64(74)62(57-70)79-68)69-67(77)61(72)56-54-52-50-48-46-44-42-40-38-36-33-26-24-22-20-18-16-14-12-10-8-6-4-2/h32,34,39,41,47,49,59-66,68,70-76H,3-31,33,35-38,40,42-46,48,50-58H2,1-2H3,(H,69,77)/b34-32+,41-39+,49-47+. The number of rotatable bonds is 59. The van der Waals surface area contributed by atoms with Crippen LogP contribution >= 0.6 is 0 Å². The number of aliphatic hydroxyl groups excluding tert-OH is 7. The van der Waals surface area contributed by atoms with E-state index in [1.807, 2.05) is 0 Å². The van der Waals surface area contributed by atoms with Gasteiger partial charge in [0.15, 0.2) is 6.29 Å². The van der Waals surface area contributed by atoms with Gasteiger partial charge in [0.2, 0.25) is 5.91 Å². The highest BCUT2D eigenvalue weighted by atomic mass is 16.7. The zero-order valence-electron chi connectivity index (χ0n) is 51.4. The summed E-state index contributed by atoms with van der Waals surface area (Å²) in [6.45, 7) is 3.48. The molecule has 1 fully saturated rings. The lowest BCUT2D eigenvalue weighted by molar-refractivity contribution is -0.303. The summed E-state index contributed by atoms with van der Waals surface area (Å²) < 4.78 is 11.2. The van der Waals surface area contributed by atoms with Crippen molar-refractivity contribution in [1.82, 2.24) is 5.32 Å². The Bertz CT molecular complexity index is 1380. The van der Waals surface area contributed by atoms with E-state index in [0.717, 1.165) is 44.9 Å². The first-order valence-electron chi connectivity index (χ1n) is 33.9. The van der Waals surface area contributed by atoms with Crippen LogP contribution in [0.1, 0.15) is 322 Å². The van der Waals surface area contributed by atoms with E-state index in [9.17, 15) is 40.5 Å². The molecule has 0 radical (unpaired) electrons. The van der Waals surface area contributed by atoms with Crippen LogP contribution < -0.4 is 5.32 Å². The summed E-state index contributed by atoms with van der Waals surface area (Å²) in [7, 11) is 0. The largest absolute Gasteiger partial charge is 0.394 e. The molecule has 9 unspecified atom stereocenters. The molecule has 9 atom stereocenters. The van der Waals surface area contributed by atoms with Crippen LogP contribution in [-0.2, 0) is 14.3 Å². The van der Waals surface area contributed by atoms with Gasteiger partial charge in [0.1, 0.15) is 36.6 Å². The van der Waals surface area contributed by atoms with E-state index in [1.54, 1.807) is 0 Å². The number of nitrogens with one attached hydrogen (secondary N) is 1. The molecular weight excluding hydrogens is 991 g/mol. The van der Waals surface area contributed by atoms with Crippen LogP contribution in [0.4, 0.5) is 0 Å². The smallest absolute Gasteiger partial charge is 0.249 e. The summed E-state index contributed by atoms with van der Waals surface area (Å²) in [5.74, 6) is -0.707. The van der Waals surface area contributed by atoms with Crippen LogP contribution in [0.5, 0.6) is 0 Å². The third-order valence-electron chi connectivity index (χ3n) is 16.4. The average Bonchev–Trinajstić information content (AvgIpc) is 3.46. The highest BCUT2D eigenvalue weighted by molar-refractivity contribution is 5.80. The molecule has 1 aliphatic heterocycles. The summed E-state index contributed by atoms with van der Waals surface area (Å²) in [5.41, 5.74) is 0.